The molecule has 3 aromatic rings. The monoisotopic (exact) mass is 310 g/mol. The Labute approximate surface area is 132 Å². The highest BCUT2D eigenvalue weighted by Crippen LogP contribution is 2.32. The van der Waals surface area contributed by atoms with E-state index in [1.165, 1.54) is 19.2 Å². The number of ether oxygens (including phenoxy) is 2. The van der Waals surface area contributed by atoms with Crippen molar-refractivity contribution in [3.05, 3.63) is 70.4 Å². The molecule has 0 aliphatic heterocycles. The van der Waals surface area contributed by atoms with Gasteiger partial charge in [-0.25, -0.2) is 0 Å². The molecule has 23 heavy (non-hydrogen) atoms. The molecular weight excluding hydrogens is 296 g/mol. The van der Waals surface area contributed by atoms with E-state index in [0.29, 0.717) is 5.75 Å². The van der Waals surface area contributed by atoms with Crippen LogP contribution in [0.1, 0.15) is 5.56 Å². The number of fused-ring (bicyclic) bond motifs is 1. The summed E-state index contributed by atoms with van der Waals surface area (Å²) >= 11 is 0. The fourth-order valence-electron chi connectivity index (χ4n) is 2.33. The van der Waals surface area contributed by atoms with Gasteiger partial charge >= 0.3 is 5.69 Å². The van der Waals surface area contributed by atoms with Crippen molar-refractivity contribution < 1.29 is 14.4 Å². The van der Waals surface area contributed by atoms with Gasteiger partial charge in [0.1, 0.15) is 12.4 Å². The third-order valence-corrected chi connectivity index (χ3v) is 3.46. The molecule has 0 saturated heterocycles. The lowest BCUT2D eigenvalue weighted by molar-refractivity contribution is -0.386. The Morgan fingerprint density at radius 2 is 2.00 bits per heavy atom. The maximum absolute atomic E-state index is 11.2. The van der Waals surface area contributed by atoms with Crippen LogP contribution in [-0.4, -0.2) is 17.0 Å². The van der Waals surface area contributed by atoms with Crippen LogP contribution in [-0.2, 0) is 6.61 Å². The van der Waals surface area contributed by atoms with Crippen molar-refractivity contribution >= 4 is 16.6 Å². The van der Waals surface area contributed by atoms with E-state index in [1.807, 2.05) is 30.3 Å². The van der Waals surface area contributed by atoms with Crippen molar-refractivity contribution in [2.24, 2.45) is 0 Å². The summed E-state index contributed by atoms with van der Waals surface area (Å²) in [5.74, 6) is 0.611. The second kappa shape index (κ2) is 6.31. The highest BCUT2D eigenvalue weighted by atomic mass is 16.6. The summed E-state index contributed by atoms with van der Waals surface area (Å²) in [6.07, 6.45) is 1.71. The first-order chi connectivity index (χ1) is 11.2. The zero-order chi connectivity index (χ0) is 16.2. The van der Waals surface area contributed by atoms with Gasteiger partial charge in [-0.05, 0) is 18.2 Å². The zero-order valence-electron chi connectivity index (χ0n) is 12.4. The number of methoxy groups -OCH3 is 1. The summed E-state index contributed by atoms with van der Waals surface area (Å²) in [4.78, 5) is 15.0. The molecule has 1 heterocycles. The van der Waals surface area contributed by atoms with Gasteiger partial charge < -0.3 is 9.47 Å². The minimum absolute atomic E-state index is 0.127. The number of nitro groups is 1. The van der Waals surface area contributed by atoms with Gasteiger partial charge in [0.2, 0.25) is 0 Å². The lowest BCUT2D eigenvalue weighted by atomic mass is 10.1. The first-order valence-electron chi connectivity index (χ1n) is 6.97. The molecule has 6 heteroatoms. The van der Waals surface area contributed by atoms with Crippen molar-refractivity contribution in [3.63, 3.8) is 0 Å². The Morgan fingerprint density at radius 1 is 1.17 bits per heavy atom. The second-order valence-corrected chi connectivity index (χ2v) is 4.87. The van der Waals surface area contributed by atoms with Gasteiger partial charge in [-0.15, -0.1) is 0 Å². The number of hydrogen-bond acceptors (Lipinski definition) is 5. The first-order valence-corrected chi connectivity index (χ1v) is 6.97. The molecule has 0 amide bonds. The van der Waals surface area contributed by atoms with E-state index in [2.05, 4.69) is 4.98 Å². The van der Waals surface area contributed by atoms with Crippen LogP contribution in [0.4, 0.5) is 5.69 Å². The SMILES string of the molecule is COc1ccc(OCc2cccc3cccnc23)c([N+](=O)[O-])c1. The predicted molar refractivity (Wildman–Crippen MR) is 85.7 cm³/mol. The number of pyridine rings is 1. The molecule has 0 aliphatic rings. The molecule has 0 spiro atoms. The summed E-state index contributed by atoms with van der Waals surface area (Å²) in [5.41, 5.74) is 1.57. The van der Waals surface area contributed by atoms with Crippen LogP contribution in [0.3, 0.4) is 0 Å². The van der Waals surface area contributed by atoms with E-state index in [-0.39, 0.29) is 18.0 Å². The Hall–Kier alpha value is -3.15. The van der Waals surface area contributed by atoms with Crippen molar-refractivity contribution in [3.8, 4) is 11.5 Å². The van der Waals surface area contributed by atoms with Crippen LogP contribution >= 0.6 is 0 Å². The largest absolute Gasteiger partial charge is 0.496 e. The molecular formula is C17H14N2O4. The molecule has 0 atom stereocenters. The molecule has 3 rings (SSSR count). The highest BCUT2D eigenvalue weighted by molar-refractivity contribution is 5.81. The standard InChI is InChI=1S/C17H14N2O4/c1-22-14-7-8-16(15(10-14)19(20)21)23-11-13-5-2-4-12-6-3-9-18-17(12)13/h2-10H,11H2,1H3. The minimum atomic E-state index is -0.487. The Balaban J connectivity index is 1.89. The van der Waals surface area contributed by atoms with Crippen LogP contribution in [0.25, 0.3) is 10.9 Å². The third kappa shape index (κ3) is 3.06. The van der Waals surface area contributed by atoms with Gasteiger partial charge in [-0.2, -0.15) is 0 Å². The van der Waals surface area contributed by atoms with Crippen molar-refractivity contribution in [2.75, 3.05) is 7.11 Å². The highest BCUT2D eigenvalue weighted by Gasteiger charge is 2.17. The van der Waals surface area contributed by atoms with Gasteiger partial charge in [-0.3, -0.25) is 15.1 Å². The molecule has 0 N–H and O–H groups in total. The number of para-hydroxylation sites is 1. The van der Waals surface area contributed by atoms with Crippen LogP contribution < -0.4 is 9.47 Å². The summed E-state index contributed by atoms with van der Waals surface area (Å²) in [5, 5.41) is 12.2. The van der Waals surface area contributed by atoms with Gasteiger partial charge in [0, 0.05) is 17.1 Å². The van der Waals surface area contributed by atoms with E-state index >= 15 is 0 Å². The van der Waals surface area contributed by atoms with E-state index in [4.69, 9.17) is 9.47 Å². The maximum Gasteiger partial charge on any atom is 0.314 e. The molecule has 0 aliphatic carbocycles. The quantitative estimate of drug-likeness (QED) is 0.530. The zero-order valence-corrected chi connectivity index (χ0v) is 12.4. The molecule has 116 valence electrons. The van der Waals surface area contributed by atoms with Gasteiger partial charge in [-0.1, -0.05) is 24.3 Å². The van der Waals surface area contributed by atoms with Crippen molar-refractivity contribution in [1.29, 1.82) is 0 Å². The van der Waals surface area contributed by atoms with E-state index in [9.17, 15) is 10.1 Å². The third-order valence-electron chi connectivity index (χ3n) is 3.46. The Morgan fingerprint density at radius 3 is 2.78 bits per heavy atom. The summed E-state index contributed by atoms with van der Waals surface area (Å²) in [7, 11) is 1.46. The summed E-state index contributed by atoms with van der Waals surface area (Å²) in [6.45, 7) is 0.196. The van der Waals surface area contributed by atoms with Crippen LogP contribution in [0.5, 0.6) is 11.5 Å². The average Bonchev–Trinajstić information content (AvgIpc) is 2.59. The summed E-state index contributed by atoms with van der Waals surface area (Å²) < 4.78 is 10.7. The van der Waals surface area contributed by atoms with E-state index in [0.717, 1.165) is 16.5 Å². The van der Waals surface area contributed by atoms with Crippen LogP contribution in [0, 0.1) is 10.1 Å². The lowest BCUT2D eigenvalue weighted by Crippen LogP contribution is -2.00. The normalized spacial score (nSPS) is 10.5. The topological polar surface area (TPSA) is 74.5 Å². The van der Waals surface area contributed by atoms with E-state index in [1.54, 1.807) is 12.3 Å². The molecule has 0 unspecified atom stereocenters. The number of benzene rings is 2. The maximum atomic E-state index is 11.2. The number of nitrogens with zero attached hydrogens (tertiary/aromatic N) is 2. The molecule has 0 saturated carbocycles. The predicted octanol–water partition coefficient (Wildman–Crippen LogP) is 3.73. The number of nitro benzene ring substituents is 1. The smallest absolute Gasteiger partial charge is 0.314 e. The molecule has 0 radical (unpaired) electrons. The summed E-state index contributed by atoms with van der Waals surface area (Å²) in [6, 6.07) is 14.1. The van der Waals surface area contributed by atoms with Gasteiger partial charge in [0.15, 0.2) is 5.75 Å². The second-order valence-electron chi connectivity index (χ2n) is 4.87. The molecule has 2 aromatic carbocycles. The average molecular weight is 310 g/mol. The van der Waals surface area contributed by atoms with E-state index < -0.39 is 4.92 Å². The Kier molecular flexibility index (Phi) is 4.05. The Bertz CT molecular complexity index is 859. The fourth-order valence-corrected chi connectivity index (χ4v) is 2.33. The molecule has 0 bridgehead atoms. The fraction of sp³-hybridized carbons (Fsp3) is 0.118. The van der Waals surface area contributed by atoms with Crippen molar-refractivity contribution in [1.82, 2.24) is 4.98 Å². The number of hydrogen-bond donors (Lipinski definition) is 0. The van der Waals surface area contributed by atoms with Crippen LogP contribution in [0.15, 0.2) is 54.7 Å². The molecule has 1 aromatic heterocycles. The molecule has 0 fully saturated rings. The minimum Gasteiger partial charge on any atom is -0.496 e. The number of aromatic nitrogens is 1. The van der Waals surface area contributed by atoms with Crippen LogP contribution in [0.2, 0.25) is 0 Å². The van der Waals surface area contributed by atoms with Crippen molar-refractivity contribution in [2.45, 2.75) is 6.61 Å². The van der Waals surface area contributed by atoms with Gasteiger partial charge in [0.05, 0.1) is 23.6 Å². The molecule has 6 nitrogen and oxygen atoms in total. The first kappa shape index (κ1) is 14.8. The lowest BCUT2D eigenvalue weighted by Gasteiger charge is -2.09. The van der Waals surface area contributed by atoms with Gasteiger partial charge in [0.25, 0.3) is 0 Å². The number of rotatable bonds is 5.